The minimum Gasteiger partial charge on any atom is -0.477 e. The van der Waals surface area contributed by atoms with Gasteiger partial charge >= 0.3 is 5.97 Å². The van der Waals surface area contributed by atoms with E-state index in [1.54, 1.807) is 23.6 Å². The summed E-state index contributed by atoms with van der Waals surface area (Å²) in [5.74, 6) is -0.982. The van der Waals surface area contributed by atoms with Gasteiger partial charge in [0.05, 0.1) is 23.8 Å². The highest BCUT2D eigenvalue weighted by atomic mass is 79.9. The Morgan fingerprint density at radius 2 is 2.19 bits per heavy atom. The number of carbonyl (C=O) groups is 1. The predicted molar refractivity (Wildman–Crippen MR) is 84.1 cm³/mol. The fourth-order valence-electron chi connectivity index (χ4n) is 2.08. The SMILES string of the molecule is O=C(O)c1sccc1Cn1cnc2ccc(Br)cc2c1=O. The van der Waals surface area contributed by atoms with E-state index in [2.05, 4.69) is 20.9 Å². The minimum absolute atomic E-state index is 0.191. The molecule has 0 unspecified atom stereocenters. The van der Waals surface area contributed by atoms with Crippen LogP contribution < -0.4 is 5.56 Å². The number of hydrogen-bond donors (Lipinski definition) is 1. The molecular weight excluding hydrogens is 356 g/mol. The van der Waals surface area contributed by atoms with E-state index in [0.717, 1.165) is 15.8 Å². The zero-order valence-electron chi connectivity index (χ0n) is 10.6. The van der Waals surface area contributed by atoms with Crippen LogP contribution in [0.5, 0.6) is 0 Å². The fraction of sp³-hybridized carbons (Fsp3) is 0.0714. The molecule has 3 aromatic rings. The van der Waals surface area contributed by atoms with E-state index < -0.39 is 5.97 Å². The summed E-state index contributed by atoms with van der Waals surface area (Å²) < 4.78 is 2.22. The molecule has 5 nitrogen and oxygen atoms in total. The fourth-order valence-corrected chi connectivity index (χ4v) is 3.19. The summed E-state index contributed by atoms with van der Waals surface area (Å²) in [6, 6.07) is 7.01. The molecule has 0 aliphatic rings. The van der Waals surface area contributed by atoms with Gasteiger partial charge in [-0.05, 0) is 35.2 Å². The van der Waals surface area contributed by atoms with Crippen molar-refractivity contribution in [3.63, 3.8) is 0 Å². The first-order chi connectivity index (χ1) is 10.1. The molecule has 0 spiro atoms. The van der Waals surface area contributed by atoms with Gasteiger partial charge in [-0.3, -0.25) is 9.36 Å². The summed E-state index contributed by atoms with van der Waals surface area (Å²) in [5, 5.41) is 11.3. The number of rotatable bonds is 3. The summed E-state index contributed by atoms with van der Waals surface area (Å²) in [5.41, 5.74) is 1.03. The van der Waals surface area contributed by atoms with Crippen LogP contribution in [0.1, 0.15) is 15.2 Å². The zero-order chi connectivity index (χ0) is 15.0. The first kappa shape index (κ1) is 14.0. The molecule has 7 heteroatoms. The number of carboxylic acid groups (broad SMARTS) is 1. The highest BCUT2D eigenvalue weighted by Gasteiger charge is 2.13. The third-order valence-electron chi connectivity index (χ3n) is 3.07. The standard InChI is InChI=1S/C14H9BrN2O3S/c15-9-1-2-11-10(5-9)13(18)17(7-16-11)6-8-3-4-21-12(8)14(19)20/h1-5,7H,6H2,(H,19,20). The lowest BCUT2D eigenvalue weighted by Crippen LogP contribution is -2.21. The highest BCUT2D eigenvalue weighted by Crippen LogP contribution is 2.18. The Morgan fingerprint density at radius 3 is 2.95 bits per heavy atom. The molecule has 2 heterocycles. The Labute approximate surface area is 131 Å². The topological polar surface area (TPSA) is 72.2 Å². The third-order valence-corrected chi connectivity index (χ3v) is 4.51. The van der Waals surface area contributed by atoms with Crippen molar-refractivity contribution in [2.24, 2.45) is 0 Å². The molecule has 0 radical (unpaired) electrons. The van der Waals surface area contributed by atoms with Gasteiger partial charge in [0, 0.05) is 4.47 Å². The van der Waals surface area contributed by atoms with Crippen LogP contribution in [0.3, 0.4) is 0 Å². The lowest BCUT2D eigenvalue weighted by molar-refractivity contribution is 0.0701. The molecule has 106 valence electrons. The van der Waals surface area contributed by atoms with Crippen molar-refractivity contribution in [3.05, 3.63) is 61.2 Å². The van der Waals surface area contributed by atoms with Gasteiger partial charge in [0.15, 0.2) is 0 Å². The average molecular weight is 365 g/mol. The summed E-state index contributed by atoms with van der Waals surface area (Å²) in [7, 11) is 0. The van der Waals surface area contributed by atoms with Gasteiger partial charge in [0.1, 0.15) is 4.88 Å². The smallest absolute Gasteiger partial charge is 0.346 e. The van der Waals surface area contributed by atoms with Crippen LogP contribution in [-0.4, -0.2) is 20.6 Å². The van der Waals surface area contributed by atoms with E-state index in [0.29, 0.717) is 16.5 Å². The molecule has 0 aliphatic heterocycles. The maximum atomic E-state index is 12.4. The van der Waals surface area contributed by atoms with Crippen LogP contribution in [0, 0.1) is 0 Å². The Hall–Kier alpha value is -1.99. The molecular formula is C14H9BrN2O3S. The number of thiophene rings is 1. The largest absolute Gasteiger partial charge is 0.477 e. The molecule has 3 rings (SSSR count). The molecule has 0 aliphatic carbocycles. The van der Waals surface area contributed by atoms with Gasteiger partial charge < -0.3 is 5.11 Å². The van der Waals surface area contributed by atoms with Crippen molar-refractivity contribution < 1.29 is 9.90 Å². The van der Waals surface area contributed by atoms with Gasteiger partial charge in [0.25, 0.3) is 5.56 Å². The molecule has 0 saturated heterocycles. The van der Waals surface area contributed by atoms with E-state index in [9.17, 15) is 9.59 Å². The summed E-state index contributed by atoms with van der Waals surface area (Å²) in [4.78, 5) is 28.0. The number of hydrogen-bond acceptors (Lipinski definition) is 4. The van der Waals surface area contributed by atoms with Crippen LogP contribution >= 0.6 is 27.3 Å². The molecule has 2 aromatic heterocycles. The second-order valence-electron chi connectivity index (χ2n) is 4.42. The molecule has 0 amide bonds. The van der Waals surface area contributed by atoms with Crippen molar-refractivity contribution in [1.29, 1.82) is 0 Å². The minimum atomic E-state index is -0.982. The van der Waals surface area contributed by atoms with E-state index in [1.165, 1.54) is 10.9 Å². The first-order valence-corrected chi connectivity index (χ1v) is 7.68. The zero-order valence-corrected chi connectivity index (χ0v) is 13.0. The molecule has 1 N–H and O–H groups in total. The van der Waals surface area contributed by atoms with Gasteiger partial charge in [-0.1, -0.05) is 15.9 Å². The molecule has 0 atom stereocenters. The van der Waals surface area contributed by atoms with Crippen LogP contribution in [0.15, 0.2) is 45.2 Å². The number of carboxylic acids is 1. The highest BCUT2D eigenvalue weighted by molar-refractivity contribution is 9.10. The van der Waals surface area contributed by atoms with Crippen molar-refractivity contribution in [2.75, 3.05) is 0 Å². The van der Waals surface area contributed by atoms with Crippen LogP contribution in [0.25, 0.3) is 10.9 Å². The van der Waals surface area contributed by atoms with Gasteiger partial charge in [-0.15, -0.1) is 11.3 Å². The van der Waals surface area contributed by atoms with Gasteiger partial charge in [0.2, 0.25) is 0 Å². The van der Waals surface area contributed by atoms with E-state index >= 15 is 0 Å². The normalized spacial score (nSPS) is 10.9. The maximum Gasteiger partial charge on any atom is 0.346 e. The number of aromatic carboxylic acids is 1. The number of nitrogens with zero attached hydrogens (tertiary/aromatic N) is 2. The van der Waals surface area contributed by atoms with Crippen molar-refractivity contribution in [2.45, 2.75) is 6.54 Å². The average Bonchev–Trinajstić information content (AvgIpc) is 2.91. The number of halogens is 1. The third kappa shape index (κ3) is 2.62. The Balaban J connectivity index is 2.09. The molecule has 0 fully saturated rings. The van der Waals surface area contributed by atoms with Crippen molar-refractivity contribution >= 4 is 44.1 Å². The van der Waals surface area contributed by atoms with E-state index in [-0.39, 0.29) is 17.0 Å². The Morgan fingerprint density at radius 1 is 1.38 bits per heavy atom. The molecule has 0 saturated carbocycles. The lowest BCUT2D eigenvalue weighted by atomic mass is 10.2. The second kappa shape index (κ2) is 5.42. The Bertz CT molecular complexity index is 901. The maximum absolute atomic E-state index is 12.4. The monoisotopic (exact) mass is 364 g/mol. The lowest BCUT2D eigenvalue weighted by Gasteiger charge is -2.06. The quantitative estimate of drug-likeness (QED) is 0.775. The first-order valence-electron chi connectivity index (χ1n) is 6.00. The van der Waals surface area contributed by atoms with Gasteiger partial charge in [-0.25, -0.2) is 9.78 Å². The number of benzene rings is 1. The van der Waals surface area contributed by atoms with Crippen LogP contribution in [-0.2, 0) is 6.54 Å². The molecule has 1 aromatic carbocycles. The second-order valence-corrected chi connectivity index (χ2v) is 6.25. The van der Waals surface area contributed by atoms with E-state index in [4.69, 9.17) is 5.11 Å². The van der Waals surface area contributed by atoms with E-state index in [1.807, 2.05) is 6.07 Å². The van der Waals surface area contributed by atoms with Gasteiger partial charge in [-0.2, -0.15) is 0 Å². The molecule has 21 heavy (non-hydrogen) atoms. The van der Waals surface area contributed by atoms with Crippen LogP contribution in [0.2, 0.25) is 0 Å². The predicted octanol–water partition coefficient (Wildman–Crippen LogP) is 2.97. The number of aromatic nitrogens is 2. The molecule has 0 bridgehead atoms. The number of fused-ring (bicyclic) bond motifs is 1. The van der Waals surface area contributed by atoms with Crippen molar-refractivity contribution in [1.82, 2.24) is 9.55 Å². The summed E-state index contributed by atoms with van der Waals surface area (Å²) in [6.45, 7) is 0.194. The summed E-state index contributed by atoms with van der Waals surface area (Å²) >= 11 is 4.48. The van der Waals surface area contributed by atoms with Crippen molar-refractivity contribution in [3.8, 4) is 0 Å². The Kier molecular flexibility index (Phi) is 3.60. The summed E-state index contributed by atoms with van der Waals surface area (Å²) in [6.07, 6.45) is 1.45. The van der Waals surface area contributed by atoms with Crippen LogP contribution in [0.4, 0.5) is 0 Å².